The lowest BCUT2D eigenvalue weighted by molar-refractivity contribution is -0.113. The number of nitrogens with zero attached hydrogens (tertiary/aromatic N) is 1. The third kappa shape index (κ3) is 4.20. The SMILES string of the molecule is CC(=N)/C(C(C)=O)=C(/O)COC(=O)c1nc(-c2ccccc2)oc1C. The maximum absolute atomic E-state index is 12.2. The Morgan fingerprint density at radius 1 is 1.24 bits per heavy atom. The van der Waals surface area contributed by atoms with E-state index in [2.05, 4.69) is 4.98 Å². The molecule has 0 atom stereocenters. The Kier molecular flexibility index (Phi) is 5.49. The standard InChI is InChI=1S/C18H18N2O5/c1-10(19)15(11(2)21)14(22)9-24-18(23)16-12(3)25-17(20-16)13-7-5-4-6-8-13/h4-8,19,22H,9H2,1-3H3/b15-14-,19-10?. The lowest BCUT2D eigenvalue weighted by Gasteiger charge is -2.07. The highest BCUT2D eigenvalue weighted by Gasteiger charge is 2.21. The first kappa shape index (κ1) is 18.1. The quantitative estimate of drug-likeness (QED) is 0.360. The second kappa shape index (κ2) is 7.57. The summed E-state index contributed by atoms with van der Waals surface area (Å²) < 4.78 is 10.5. The Hall–Kier alpha value is -3.22. The predicted octanol–water partition coefficient (Wildman–Crippen LogP) is 3.25. The molecule has 0 saturated carbocycles. The van der Waals surface area contributed by atoms with Crippen molar-refractivity contribution in [2.24, 2.45) is 0 Å². The number of esters is 1. The van der Waals surface area contributed by atoms with Crippen molar-refractivity contribution >= 4 is 17.5 Å². The number of nitrogens with one attached hydrogen (secondary N) is 1. The van der Waals surface area contributed by atoms with Gasteiger partial charge in [-0.25, -0.2) is 9.78 Å². The van der Waals surface area contributed by atoms with E-state index in [0.29, 0.717) is 5.56 Å². The molecule has 2 rings (SSSR count). The van der Waals surface area contributed by atoms with Crippen LogP contribution in [-0.4, -0.2) is 34.2 Å². The number of carbonyl (C=O) groups is 2. The van der Waals surface area contributed by atoms with Crippen molar-refractivity contribution in [3.05, 3.63) is 53.1 Å². The summed E-state index contributed by atoms with van der Waals surface area (Å²) in [6, 6.07) is 9.07. The average molecular weight is 342 g/mol. The van der Waals surface area contributed by atoms with E-state index < -0.39 is 24.1 Å². The summed E-state index contributed by atoms with van der Waals surface area (Å²) in [4.78, 5) is 27.7. The van der Waals surface area contributed by atoms with E-state index in [0.717, 1.165) is 0 Å². The van der Waals surface area contributed by atoms with Gasteiger partial charge in [0.2, 0.25) is 5.89 Å². The Labute approximate surface area is 144 Å². The second-order valence-corrected chi connectivity index (χ2v) is 5.37. The van der Waals surface area contributed by atoms with Crippen LogP contribution in [0.15, 0.2) is 46.1 Å². The van der Waals surface area contributed by atoms with Gasteiger partial charge in [-0.05, 0) is 32.9 Å². The first-order valence-corrected chi connectivity index (χ1v) is 7.49. The van der Waals surface area contributed by atoms with E-state index in [1.54, 1.807) is 19.1 Å². The fourth-order valence-corrected chi connectivity index (χ4v) is 2.25. The van der Waals surface area contributed by atoms with Crippen LogP contribution in [0.5, 0.6) is 0 Å². The minimum atomic E-state index is -0.791. The first-order valence-electron chi connectivity index (χ1n) is 7.49. The van der Waals surface area contributed by atoms with Gasteiger partial charge < -0.3 is 19.7 Å². The molecule has 7 nitrogen and oxygen atoms in total. The number of hydrogen-bond donors (Lipinski definition) is 2. The molecule has 0 fully saturated rings. The van der Waals surface area contributed by atoms with Crippen LogP contribution in [0.1, 0.15) is 30.1 Å². The van der Waals surface area contributed by atoms with E-state index in [-0.39, 0.29) is 28.6 Å². The summed E-state index contributed by atoms with van der Waals surface area (Å²) in [5.74, 6) is -1.18. The monoisotopic (exact) mass is 342 g/mol. The molecule has 1 aromatic carbocycles. The highest BCUT2D eigenvalue weighted by atomic mass is 16.5. The zero-order valence-electron chi connectivity index (χ0n) is 14.1. The van der Waals surface area contributed by atoms with Crippen molar-refractivity contribution in [3.8, 4) is 11.5 Å². The van der Waals surface area contributed by atoms with Crippen molar-refractivity contribution in [2.45, 2.75) is 20.8 Å². The third-order valence-corrected chi connectivity index (χ3v) is 3.37. The van der Waals surface area contributed by atoms with Gasteiger partial charge in [0.1, 0.15) is 18.1 Å². The smallest absolute Gasteiger partial charge is 0.361 e. The summed E-state index contributed by atoms with van der Waals surface area (Å²) in [6.07, 6.45) is 0. The zero-order chi connectivity index (χ0) is 18.6. The van der Waals surface area contributed by atoms with Gasteiger partial charge in [0.25, 0.3) is 0 Å². The van der Waals surface area contributed by atoms with Crippen LogP contribution in [0, 0.1) is 12.3 Å². The summed E-state index contributed by atoms with van der Waals surface area (Å²) >= 11 is 0. The van der Waals surface area contributed by atoms with E-state index >= 15 is 0 Å². The average Bonchev–Trinajstić information content (AvgIpc) is 2.94. The topological polar surface area (TPSA) is 113 Å². The molecule has 130 valence electrons. The molecule has 0 spiro atoms. The molecule has 0 aliphatic heterocycles. The highest BCUT2D eigenvalue weighted by molar-refractivity contribution is 6.19. The van der Waals surface area contributed by atoms with E-state index in [1.807, 2.05) is 18.2 Å². The van der Waals surface area contributed by atoms with Crippen LogP contribution < -0.4 is 0 Å². The lowest BCUT2D eigenvalue weighted by Crippen LogP contribution is -2.15. The van der Waals surface area contributed by atoms with Crippen LogP contribution in [0.2, 0.25) is 0 Å². The maximum Gasteiger partial charge on any atom is 0.361 e. The molecular formula is C18H18N2O5. The molecular weight excluding hydrogens is 324 g/mol. The zero-order valence-corrected chi connectivity index (χ0v) is 14.1. The number of ketones is 1. The number of ether oxygens (including phenoxy) is 1. The molecule has 2 N–H and O–H groups in total. The van der Waals surface area contributed by atoms with E-state index in [9.17, 15) is 14.7 Å². The minimum absolute atomic E-state index is 0.0115. The van der Waals surface area contributed by atoms with Crippen molar-refractivity contribution in [2.75, 3.05) is 6.61 Å². The van der Waals surface area contributed by atoms with Crippen LogP contribution in [0.25, 0.3) is 11.5 Å². The van der Waals surface area contributed by atoms with Gasteiger partial charge in [-0.3, -0.25) is 4.79 Å². The second-order valence-electron chi connectivity index (χ2n) is 5.37. The number of aliphatic hydroxyl groups excluding tert-OH is 1. The highest BCUT2D eigenvalue weighted by Crippen LogP contribution is 2.22. The number of allylic oxidation sites excluding steroid dienone is 1. The fourth-order valence-electron chi connectivity index (χ4n) is 2.25. The normalized spacial score (nSPS) is 11.6. The predicted molar refractivity (Wildman–Crippen MR) is 90.7 cm³/mol. The van der Waals surface area contributed by atoms with E-state index in [4.69, 9.17) is 14.6 Å². The molecule has 0 amide bonds. The largest absolute Gasteiger partial charge is 0.508 e. The van der Waals surface area contributed by atoms with Gasteiger partial charge in [-0.15, -0.1) is 0 Å². The summed E-state index contributed by atoms with van der Waals surface area (Å²) in [5.41, 5.74) is 0.424. The Balaban J connectivity index is 2.17. The van der Waals surface area contributed by atoms with Crippen molar-refractivity contribution in [1.29, 1.82) is 5.41 Å². The molecule has 0 aliphatic carbocycles. The molecule has 0 bridgehead atoms. The van der Waals surface area contributed by atoms with Gasteiger partial charge in [-0.1, -0.05) is 18.2 Å². The maximum atomic E-state index is 12.2. The number of rotatable bonds is 6. The number of benzene rings is 1. The molecule has 0 unspecified atom stereocenters. The lowest BCUT2D eigenvalue weighted by atomic mass is 10.1. The number of aryl methyl sites for hydroxylation is 1. The van der Waals surface area contributed by atoms with Crippen LogP contribution in [0.4, 0.5) is 0 Å². The molecule has 0 aliphatic rings. The summed E-state index contributed by atoms with van der Waals surface area (Å²) in [6.45, 7) is 3.63. The number of aromatic nitrogens is 1. The fraction of sp³-hybridized carbons (Fsp3) is 0.222. The molecule has 1 aromatic heterocycles. The summed E-state index contributed by atoms with van der Waals surface area (Å²) in [5, 5.41) is 17.4. The number of hydrogen-bond acceptors (Lipinski definition) is 7. The van der Waals surface area contributed by atoms with Gasteiger partial charge >= 0.3 is 5.97 Å². The number of Topliss-reactive ketones (excluding diaryl/α,β-unsaturated/α-hetero) is 1. The summed E-state index contributed by atoms with van der Waals surface area (Å²) in [7, 11) is 0. The third-order valence-electron chi connectivity index (χ3n) is 3.37. The van der Waals surface area contributed by atoms with Crippen LogP contribution in [-0.2, 0) is 9.53 Å². The molecule has 7 heteroatoms. The number of oxazole rings is 1. The molecule has 0 radical (unpaired) electrons. The van der Waals surface area contributed by atoms with Gasteiger partial charge in [-0.2, -0.15) is 0 Å². The molecule has 2 aromatic rings. The Morgan fingerprint density at radius 2 is 1.88 bits per heavy atom. The van der Waals surface area contributed by atoms with Crippen molar-refractivity contribution in [3.63, 3.8) is 0 Å². The van der Waals surface area contributed by atoms with Gasteiger partial charge in [0.15, 0.2) is 11.5 Å². The number of aliphatic hydroxyl groups is 1. The number of carbonyl (C=O) groups excluding carboxylic acids is 2. The molecule has 25 heavy (non-hydrogen) atoms. The van der Waals surface area contributed by atoms with Crippen molar-refractivity contribution in [1.82, 2.24) is 4.98 Å². The Morgan fingerprint density at radius 3 is 2.44 bits per heavy atom. The van der Waals surface area contributed by atoms with Crippen molar-refractivity contribution < 1.29 is 23.8 Å². The molecule has 1 heterocycles. The van der Waals surface area contributed by atoms with E-state index in [1.165, 1.54) is 13.8 Å². The van der Waals surface area contributed by atoms with Crippen LogP contribution >= 0.6 is 0 Å². The Bertz CT molecular complexity index is 834. The first-order chi connectivity index (χ1) is 11.8. The minimum Gasteiger partial charge on any atom is -0.508 e. The van der Waals surface area contributed by atoms with Crippen LogP contribution in [0.3, 0.4) is 0 Å². The molecule has 0 saturated heterocycles. The van der Waals surface area contributed by atoms with Gasteiger partial charge in [0, 0.05) is 11.3 Å². The van der Waals surface area contributed by atoms with Gasteiger partial charge in [0.05, 0.1) is 5.57 Å².